The number of hydrogen-bond acceptors (Lipinski definition) is 4. The third-order valence-electron chi connectivity index (χ3n) is 3.09. The average molecular weight is 322 g/mol. The predicted octanol–water partition coefficient (Wildman–Crippen LogP) is 2.49. The Kier molecular flexibility index (Phi) is 3.35. The van der Waals surface area contributed by atoms with E-state index in [0.717, 1.165) is 5.56 Å². The molecule has 108 valence electrons. The standard InChI is InChI=1S/C14H12ClN3O2S/c15-10-7-12-13(8-11(10)16)21(19,20)18-14(17-12)6-9-4-2-1-3-5-9/h1-5,7-8H,6,16H2,(H,17,18). The molecule has 0 fully saturated rings. The van der Waals surface area contributed by atoms with Gasteiger partial charge in [0.25, 0.3) is 10.0 Å². The van der Waals surface area contributed by atoms with Gasteiger partial charge in [-0.1, -0.05) is 41.9 Å². The summed E-state index contributed by atoms with van der Waals surface area (Å²) in [6, 6.07) is 12.3. The highest BCUT2D eigenvalue weighted by Crippen LogP contribution is 2.34. The molecule has 7 heteroatoms. The van der Waals surface area contributed by atoms with Gasteiger partial charge in [0.15, 0.2) is 0 Å². The van der Waals surface area contributed by atoms with Crippen LogP contribution < -0.4 is 10.5 Å². The molecule has 0 spiro atoms. The zero-order valence-corrected chi connectivity index (χ0v) is 12.4. The lowest BCUT2D eigenvalue weighted by Crippen LogP contribution is -2.34. The van der Waals surface area contributed by atoms with Crippen molar-refractivity contribution in [2.75, 3.05) is 5.73 Å². The van der Waals surface area contributed by atoms with Gasteiger partial charge in [-0.2, -0.15) is 0 Å². The molecule has 0 saturated heterocycles. The Bertz CT molecular complexity index is 833. The maximum Gasteiger partial charge on any atom is 0.265 e. The molecule has 0 aromatic heterocycles. The summed E-state index contributed by atoms with van der Waals surface area (Å²) in [6.45, 7) is 0. The Morgan fingerprint density at radius 1 is 1.19 bits per heavy atom. The van der Waals surface area contributed by atoms with Crippen LogP contribution in [0.3, 0.4) is 0 Å². The van der Waals surface area contributed by atoms with E-state index in [0.29, 0.717) is 17.9 Å². The minimum atomic E-state index is -3.67. The number of amidine groups is 1. The molecule has 0 bridgehead atoms. The molecule has 0 atom stereocenters. The normalized spacial score (nSPS) is 15.8. The maximum atomic E-state index is 12.2. The highest BCUT2D eigenvalue weighted by atomic mass is 35.5. The molecule has 2 aromatic carbocycles. The van der Waals surface area contributed by atoms with Crippen molar-refractivity contribution >= 4 is 38.8 Å². The zero-order chi connectivity index (χ0) is 15.0. The van der Waals surface area contributed by atoms with Crippen LogP contribution in [0.4, 0.5) is 11.4 Å². The molecule has 0 radical (unpaired) electrons. The van der Waals surface area contributed by atoms with Crippen LogP contribution in [0.1, 0.15) is 5.56 Å². The summed E-state index contributed by atoms with van der Waals surface area (Å²) in [6.07, 6.45) is 0.390. The van der Waals surface area contributed by atoms with E-state index in [2.05, 4.69) is 9.71 Å². The van der Waals surface area contributed by atoms with Crippen LogP contribution in [0, 0.1) is 0 Å². The zero-order valence-electron chi connectivity index (χ0n) is 10.9. The number of sulfonamides is 1. The van der Waals surface area contributed by atoms with E-state index < -0.39 is 10.0 Å². The van der Waals surface area contributed by atoms with Crippen LogP contribution in [-0.2, 0) is 16.4 Å². The summed E-state index contributed by atoms with van der Waals surface area (Å²) in [4.78, 5) is 4.37. The predicted molar refractivity (Wildman–Crippen MR) is 83.4 cm³/mol. The highest BCUT2D eigenvalue weighted by Gasteiger charge is 2.26. The molecule has 1 aliphatic heterocycles. The molecule has 21 heavy (non-hydrogen) atoms. The van der Waals surface area contributed by atoms with Crippen LogP contribution in [0.25, 0.3) is 0 Å². The molecule has 5 nitrogen and oxygen atoms in total. The molecule has 1 heterocycles. The summed E-state index contributed by atoms with van der Waals surface area (Å²) in [7, 11) is -3.67. The van der Waals surface area contributed by atoms with E-state index in [1.807, 2.05) is 30.3 Å². The van der Waals surface area contributed by atoms with Crippen LogP contribution in [0.2, 0.25) is 5.02 Å². The van der Waals surface area contributed by atoms with Crippen molar-refractivity contribution in [2.24, 2.45) is 4.99 Å². The number of rotatable bonds is 2. The van der Waals surface area contributed by atoms with Gasteiger partial charge in [-0.3, -0.25) is 4.72 Å². The van der Waals surface area contributed by atoms with Crippen molar-refractivity contribution in [3.05, 3.63) is 53.1 Å². The van der Waals surface area contributed by atoms with E-state index in [1.165, 1.54) is 12.1 Å². The van der Waals surface area contributed by atoms with Crippen molar-refractivity contribution < 1.29 is 8.42 Å². The smallest absolute Gasteiger partial charge is 0.265 e. The lowest BCUT2D eigenvalue weighted by Gasteiger charge is -2.18. The molecule has 0 saturated carbocycles. The van der Waals surface area contributed by atoms with Gasteiger partial charge in [0, 0.05) is 6.42 Å². The SMILES string of the molecule is Nc1cc2c(cc1Cl)N=C(Cc1ccccc1)NS2(=O)=O. The number of fused-ring (bicyclic) bond motifs is 1. The van der Waals surface area contributed by atoms with Gasteiger partial charge in [0.1, 0.15) is 10.7 Å². The third-order valence-corrected chi connectivity index (χ3v) is 4.83. The second kappa shape index (κ2) is 5.05. The van der Waals surface area contributed by atoms with Gasteiger partial charge in [0.2, 0.25) is 0 Å². The van der Waals surface area contributed by atoms with E-state index in [9.17, 15) is 8.42 Å². The lowest BCUT2D eigenvalue weighted by atomic mass is 10.1. The second-order valence-corrected chi connectivity index (χ2v) is 6.73. The molecular formula is C14H12ClN3O2S. The minimum Gasteiger partial charge on any atom is -0.397 e. The van der Waals surface area contributed by atoms with E-state index in [1.54, 1.807) is 0 Å². The molecule has 0 aliphatic carbocycles. The fraction of sp³-hybridized carbons (Fsp3) is 0.0714. The second-order valence-electron chi connectivity index (χ2n) is 4.67. The van der Waals surface area contributed by atoms with Gasteiger partial charge < -0.3 is 5.73 Å². The number of nitrogens with two attached hydrogens (primary N) is 1. The van der Waals surface area contributed by atoms with Gasteiger partial charge in [-0.05, 0) is 17.7 Å². The van der Waals surface area contributed by atoms with Crippen LogP contribution in [0.15, 0.2) is 52.4 Å². The number of hydrogen-bond donors (Lipinski definition) is 2. The van der Waals surface area contributed by atoms with Crippen molar-refractivity contribution in [3.63, 3.8) is 0 Å². The van der Waals surface area contributed by atoms with Crippen LogP contribution in [-0.4, -0.2) is 14.3 Å². The molecule has 1 aliphatic rings. The number of halogens is 1. The number of aliphatic imine (C=N–C) groups is 1. The summed E-state index contributed by atoms with van der Waals surface area (Å²) in [5.74, 6) is 0.356. The largest absolute Gasteiger partial charge is 0.397 e. The molecule has 0 amide bonds. The molecule has 0 unspecified atom stereocenters. The molecular weight excluding hydrogens is 310 g/mol. The first-order valence-corrected chi connectivity index (χ1v) is 8.05. The Hall–Kier alpha value is -2.05. The monoisotopic (exact) mass is 321 g/mol. The minimum absolute atomic E-state index is 0.0428. The topological polar surface area (TPSA) is 84.5 Å². The van der Waals surface area contributed by atoms with Gasteiger partial charge in [-0.25, -0.2) is 13.4 Å². The highest BCUT2D eigenvalue weighted by molar-refractivity contribution is 7.90. The molecule has 2 aromatic rings. The molecule has 3 N–H and O–H groups in total. The first-order valence-electron chi connectivity index (χ1n) is 6.19. The van der Waals surface area contributed by atoms with Crippen LogP contribution >= 0.6 is 11.6 Å². The van der Waals surface area contributed by atoms with Crippen molar-refractivity contribution in [1.82, 2.24) is 4.72 Å². The number of anilines is 1. The van der Waals surface area contributed by atoms with Crippen LogP contribution in [0.5, 0.6) is 0 Å². The average Bonchev–Trinajstić information content (AvgIpc) is 2.42. The summed E-state index contributed by atoms with van der Waals surface area (Å²) in [5.41, 5.74) is 7.13. The van der Waals surface area contributed by atoms with E-state index in [-0.39, 0.29) is 15.6 Å². The first kappa shape index (κ1) is 13.9. The molecule has 3 rings (SSSR count). The number of nitrogen functional groups attached to an aromatic ring is 1. The maximum absolute atomic E-state index is 12.2. The Morgan fingerprint density at radius 2 is 1.90 bits per heavy atom. The third kappa shape index (κ3) is 2.72. The Balaban J connectivity index is 2.05. The summed E-state index contributed by atoms with van der Waals surface area (Å²) < 4.78 is 27.0. The first-order chi connectivity index (χ1) is 9.95. The lowest BCUT2D eigenvalue weighted by molar-refractivity contribution is 0.591. The Labute approximate surface area is 127 Å². The van der Waals surface area contributed by atoms with Crippen molar-refractivity contribution in [3.8, 4) is 0 Å². The van der Waals surface area contributed by atoms with Gasteiger partial charge in [0.05, 0.1) is 16.4 Å². The van der Waals surface area contributed by atoms with Crippen molar-refractivity contribution in [2.45, 2.75) is 11.3 Å². The Morgan fingerprint density at radius 3 is 2.62 bits per heavy atom. The summed E-state index contributed by atoms with van der Waals surface area (Å²) in [5, 5.41) is 0.286. The quantitative estimate of drug-likeness (QED) is 0.833. The number of nitrogens with one attached hydrogen (secondary N) is 1. The van der Waals surface area contributed by atoms with Crippen molar-refractivity contribution in [1.29, 1.82) is 0 Å². The van der Waals surface area contributed by atoms with E-state index in [4.69, 9.17) is 17.3 Å². The fourth-order valence-electron chi connectivity index (χ4n) is 2.10. The van der Waals surface area contributed by atoms with E-state index >= 15 is 0 Å². The van der Waals surface area contributed by atoms with Gasteiger partial charge >= 0.3 is 0 Å². The fourth-order valence-corrected chi connectivity index (χ4v) is 3.46. The summed E-state index contributed by atoms with van der Waals surface area (Å²) >= 11 is 5.94. The number of nitrogens with zero attached hydrogens (tertiary/aromatic N) is 1. The number of benzene rings is 2. The van der Waals surface area contributed by atoms with Gasteiger partial charge in [-0.15, -0.1) is 0 Å².